The molecule has 2 aliphatic heterocycles. The highest BCUT2D eigenvalue weighted by atomic mass is 19.3. The molecule has 0 unspecified atom stereocenters. The third kappa shape index (κ3) is 4.81. The molecule has 3 rings (SSSR count). The Balaban J connectivity index is 0.000000208. The quantitative estimate of drug-likeness (QED) is 0.922. The summed E-state index contributed by atoms with van der Waals surface area (Å²) in [6.07, 6.45) is 4.89. The number of aliphatic hydroxyl groups excluding tert-OH is 1. The minimum absolute atomic E-state index is 0.123. The summed E-state index contributed by atoms with van der Waals surface area (Å²) in [5.74, 6) is -0.123. The van der Waals surface area contributed by atoms with E-state index < -0.39 is 12.1 Å². The molecule has 1 aromatic rings. The van der Waals surface area contributed by atoms with E-state index in [2.05, 4.69) is 19.6 Å². The largest absolute Gasteiger partial charge is 0.480 e. The van der Waals surface area contributed by atoms with Gasteiger partial charge in [-0.3, -0.25) is 4.90 Å². The van der Waals surface area contributed by atoms with Gasteiger partial charge in [0.25, 0.3) is 6.43 Å². The molecule has 0 radical (unpaired) electrons. The SMILES string of the molecule is CC.COc1nccnc1C(F)F.OCC12CCCN1CCC2. The summed E-state index contributed by atoms with van der Waals surface area (Å²) in [6, 6.07) is 0. The predicted molar refractivity (Wildman–Crippen MR) is 84.7 cm³/mol. The predicted octanol–water partition coefficient (Wildman–Crippen LogP) is 3.06. The van der Waals surface area contributed by atoms with Crippen LogP contribution >= 0.6 is 0 Å². The van der Waals surface area contributed by atoms with Gasteiger partial charge in [0, 0.05) is 17.9 Å². The molecule has 2 aliphatic rings. The number of aromatic nitrogens is 2. The van der Waals surface area contributed by atoms with Crippen LogP contribution in [0.3, 0.4) is 0 Å². The molecular formula is C16H27F2N3O2. The van der Waals surface area contributed by atoms with E-state index in [1.165, 1.54) is 58.3 Å². The molecule has 132 valence electrons. The van der Waals surface area contributed by atoms with Crippen molar-refractivity contribution < 1.29 is 18.6 Å². The highest BCUT2D eigenvalue weighted by molar-refractivity contribution is 5.17. The highest BCUT2D eigenvalue weighted by Crippen LogP contribution is 2.37. The molecule has 2 saturated heterocycles. The van der Waals surface area contributed by atoms with Crippen LogP contribution < -0.4 is 4.74 Å². The maximum Gasteiger partial charge on any atom is 0.285 e. The summed E-state index contributed by atoms with van der Waals surface area (Å²) in [5, 5.41) is 9.19. The first kappa shape index (κ1) is 19.7. The fraction of sp³-hybridized carbons (Fsp3) is 0.750. The Morgan fingerprint density at radius 1 is 1.22 bits per heavy atom. The summed E-state index contributed by atoms with van der Waals surface area (Å²) in [5.41, 5.74) is -0.185. The molecule has 0 bridgehead atoms. The maximum absolute atomic E-state index is 12.0. The van der Waals surface area contributed by atoms with Crippen molar-refractivity contribution in [3.63, 3.8) is 0 Å². The van der Waals surface area contributed by atoms with Gasteiger partial charge in [0.1, 0.15) is 0 Å². The standard InChI is InChI=1S/C8H15NO.C6H6F2N2O.C2H6/c10-7-8-3-1-5-9(8)6-2-4-8;1-11-6-4(5(7)8)9-2-3-10-6;1-2/h10H,1-7H2;2-3,5H,1H3;1-2H3. The van der Waals surface area contributed by atoms with Gasteiger partial charge < -0.3 is 9.84 Å². The molecule has 0 amide bonds. The lowest BCUT2D eigenvalue weighted by Gasteiger charge is -2.29. The summed E-state index contributed by atoms with van der Waals surface area (Å²) in [4.78, 5) is 9.43. The Labute approximate surface area is 136 Å². The number of hydrogen-bond acceptors (Lipinski definition) is 5. The van der Waals surface area contributed by atoms with Crippen LogP contribution in [0.4, 0.5) is 8.78 Å². The molecule has 0 aromatic carbocycles. The number of nitrogens with zero attached hydrogens (tertiary/aromatic N) is 3. The van der Waals surface area contributed by atoms with Crippen LogP contribution in [0.25, 0.3) is 0 Å². The van der Waals surface area contributed by atoms with E-state index in [0.717, 1.165) is 0 Å². The van der Waals surface area contributed by atoms with Crippen molar-refractivity contribution in [2.45, 2.75) is 51.5 Å². The molecule has 0 aliphatic carbocycles. The van der Waals surface area contributed by atoms with Crippen molar-refractivity contribution in [1.82, 2.24) is 14.9 Å². The minimum atomic E-state index is -2.64. The van der Waals surface area contributed by atoms with Crippen molar-refractivity contribution >= 4 is 0 Å². The second-order valence-corrected chi connectivity index (χ2v) is 5.33. The highest BCUT2D eigenvalue weighted by Gasteiger charge is 2.43. The van der Waals surface area contributed by atoms with Gasteiger partial charge in [-0.2, -0.15) is 0 Å². The number of hydrogen-bond donors (Lipinski definition) is 1. The minimum Gasteiger partial charge on any atom is -0.480 e. The summed E-state index contributed by atoms with van der Waals surface area (Å²) >= 11 is 0. The Hall–Kier alpha value is -1.34. The number of aliphatic hydroxyl groups is 1. The molecule has 0 atom stereocenters. The molecule has 7 heteroatoms. The number of ether oxygens (including phenoxy) is 1. The van der Waals surface area contributed by atoms with Crippen LogP contribution in [0.2, 0.25) is 0 Å². The number of methoxy groups -OCH3 is 1. The van der Waals surface area contributed by atoms with Crippen molar-refractivity contribution in [2.75, 3.05) is 26.8 Å². The molecule has 5 nitrogen and oxygen atoms in total. The lowest BCUT2D eigenvalue weighted by atomic mass is 9.96. The van der Waals surface area contributed by atoms with Crippen LogP contribution in [-0.2, 0) is 0 Å². The van der Waals surface area contributed by atoms with Crippen LogP contribution in [-0.4, -0.2) is 52.3 Å². The Bertz CT molecular complexity index is 451. The lowest BCUT2D eigenvalue weighted by Crippen LogP contribution is -2.41. The fourth-order valence-corrected chi connectivity index (χ4v) is 3.13. The number of halogens is 2. The zero-order valence-corrected chi connectivity index (χ0v) is 14.1. The number of fused-ring (bicyclic) bond motifs is 1. The lowest BCUT2D eigenvalue weighted by molar-refractivity contribution is 0.0999. The summed E-state index contributed by atoms with van der Waals surface area (Å²) in [6.45, 7) is 6.83. The van der Waals surface area contributed by atoms with E-state index >= 15 is 0 Å². The first-order valence-electron chi connectivity index (χ1n) is 8.12. The molecule has 0 spiro atoms. The number of alkyl halides is 2. The third-order valence-electron chi connectivity index (χ3n) is 4.20. The monoisotopic (exact) mass is 331 g/mol. The van der Waals surface area contributed by atoms with Crippen LogP contribution in [0, 0.1) is 0 Å². The van der Waals surface area contributed by atoms with Gasteiger partial charge in [-0.1, -0.05) is 13.8 Å². The van der Waals surface area contributed by atoms with E-state index in [9.17, 15) is 13.9 Å². The van der Waals surface area contributed by atoms with Crippen molar-refractivity contribution in [1.29, 1.82) is 0 Å². The van der Waals surface area contributed by atoms with Gasteiger partial charge in [-0.05, 0) is 38.8 Å². The Morgan fingerprint density at radius 3 is 2.17 bits per heavy atom. The van der Waals surface area contributed by atoms with E-state index in [1.807, 2.05) is 13.8 Å². The summed E-state index contributed by atoms with van der Waals surface area (Å²) in [7, 11) is 1.27. The number of rotatable bonds is 3. The Morgan fingerprint density at radius 2 is 1.78 bits per heavy atom. The van der Waals surface area contributed by atoms with Crippen LogP contribution in [0.15, 0.2) is 12.4 Å². The smallest absolute Gasteiger partial charge is 0.285 e. The van der Waals surface area contributed by atoms with Crippen molar-refractivity contribution in [3.8, 4) is 5.88 Å². The average Bonchev–Trinajstić information content (AvgIpc) is 3.17. The Kier molecular flexibility index (Phi) is 8.33. The van der Waals surface area contributed by atoms with Crippen molar-refractivity contribution in [2.24, 2.45) is 0 Å². The topological polar surface area (TPSA) is 58.5 Å². The van der Waals surface area contributed by atoms with Gasteiger partial charge >= 0.3 is 0 Å². The van der Waals surface area contributed by atoms with Crippen LogP contribution in [0.5, 0.6) is 5.88 Å². The van der Waals surface area contributed by atoms with E-state index in [4.69, 9.17) is 0 Å². The van der Waals surface area contributed by atoms with Gasteiger partial charge in [0.15, 0.2) is 5.69 Å². The molecular weight excluding hydrogens is 304 g/mol. The fourth-order valence-electron chi connectivity index (χ4n) is 3.13. The van der Waals surface area contributed by atoms with Gasteiger partial charge in [0.05, 0.1) is 13.7 Å². The average molecular weight is 331 g/mol. The van der Waals surface area contributed by atoms with E-state index in [1.54, 1.807) is 0 Å². The van der Waals surface area contributed by atoms with Crippen LogP contribution in [0.1, 0.15) is 51.7 Å². The molecule has 0 saturated carbocycles. The summed E-state index contributed by atoms with van der Waals surface area (Å²) < 4.78 is 28.6. The molecule has 3 heterocycles. The second-order valence-electron chi connectivity index (χ2n) is 5.33. The molecule has 1 N–H and O–H groups in total. The van der Waals surface area contributed by atoms with Crippen molar-refractivity contribution in [3.05, 3.63) is 18.1 Å². The van der Waals surface area contributed by atoms with Gasteiger partial charge in [-0.25, -0.2) is 18.7 Å². The third-order valence-corrected chi connectivity index (χ3v) is 4.20. The van der Waals surface area contributed by atoms with E-state index in [0.29, 0.717) is 6.61 Å². The second kappa shape index (κ2) is 9.72. The zero-order chi connectivity index (χ0) is 17.3. The van der Waals surface area contributed by atoms with Gasteiger partial charge in [0.2, 0.25) is 5.88 Å². The first-order valence-corrected chi connectivity index (χ1v) is 8.12. The maximum atomic E-state index is 12.0. The normalized spacial score (nSPS) is 18.6. The van der Waals surface area contributed by atoms with Gasteiger partial charge in [-0.15, -0.1) is 0 Å². The van der Waals surface area contributed by atoms with E-state index in [-0.39, 0.29) is 11.4 Å². The molecule has 23 heavy (non-hydrogen) atoms. The zero-order valence-electron chi connectivity index (χ0n) is 14.1. The first-order chi connectivity index (χ1) is 11.1. The molecule has 1 aromatic heterocycles. The molecule has 2 fully saturated rings.